The van der Waals surface area contributed by atoms with Crippen LogP contribution in [-0.2, 0) is 14.3 Å². The van der Waals surface area contributed by atoms with Crippen molar-refractivity contribution < 1.29 is 14.3 Å². The first kappa shape index (κ1) is 22.0. The molecule has 4 heteroatoms. The molecule has 0 bridgehead atoms. The van der Waals surface area contributed by atoms with Crippen LogP contribution >= 0.6 is 0 Å². The van der Waals surface area contributed by atoms with Gasteiger partial charge in [0.15, 0.2) is 0 Å². The first-order valence-corrected chi connectivity index (χ1v) is 9.87. The number of amides is 1. The maximum atomic E-state index is 12.3. The standard InChI is InChI=1S/C21H39NO3/c1-16(2)11-14-25-19(24)10-12-21(6,7)17(15-20(3,4)5)22-13-8-9-18(22)23/h16-17H,8-15H2,1-7H3. The molecule has 0 aromatic rings. The second kappa shape index (κ2) is 9.05. The van der Waals surface area contributed by atoms with Gasteiger partial charge in [0.05, 0.1) is 6.61 Å². The van der Waals surface area contributed by atoms with Crippen LogP contribution in [0.5, 0.6) is 0 Å². The van der Waals surface area contributed by atoms with Crippen LogP contribution in [0.1, 0.15) is 87.0 Å². The van der Waals surface area contributed by atoms with Crippen molar-refractivity contribution in [1.82, 2.24) is 4.90 Å². The number of esters is 1. The van der Waals surface area contributed by atoms with E-state index in [1.807, 2.05) is 0 Å². The van der Waals surface area contributed by atoms with Crippen molar-refractivity contribution in [3.63, 3.8) is 0 Å². The molecule has 1 fully saturated rings. The summed E-state index contributed by atoms with van der Waals surface area (Å²) in [5.41, 5.74) is 0.0347. The molecule has 1 unspecified atom stereocenters. The van der Waals surface area contributed by atoms with Gasteiger partial charge in [0, 0.05) is 25.4 Å². The first-order chi connectivity index (χ1) is 11.4. The van der Waals surface area contributed by atoms with Gasteiger partial charge in [-0.2, -0.15) is 0 Å². The average Bonchev–Trinajstić information content (AvgIpc) is 2.87. The number of carbonyl (C=O) groups is 2. The highest BCUT2D eigenvalue weighted by Crippen LogP contribution is 2.39. The Hall–Kier alpha value is -1.06. The molecule has 1 heterocycles. The van der Waals surface area contributed by atoms with Gasteiger partial charge in [-0.1, -0.05) is 48.5 Å². The second-order valence-corrected chi connectivity index (χ2v) is 9.86. The second-order valence-electron chi connectivity index (χ2n) is 9.86. The van der Waals surface area contributed by atoms with Gasteiger partial charge >= 0.3 is 5.97 Å². The number of likely N-dealkylation sites (tertiary alicyclic amines) is 1. The van der Waals surface area contributed by atoms with E-state index in [0.29, 0.717) is 25.4 Å². The molecule has 0 aromatic heterocycles. The minimum absolute atomic E-state index is 0.107. The maximum absolute atomic E-state index is 12.3. The third-order valence-corrected chi connectivity index (χ3v) is 5.13. The minimum Gasteiger partial charge on any atom is -0.466 e. The zero-order valence-corrected chi connectivity index (χ0v) is 17.5. The molecule has 0 saturated carbocycles. The van der Waals surface area contributed by atoms with E-state index in [9.17, 15) is 9.59 Å². The molecule has 1 atom stereocenters. The fourth-order valence-electron chi connectivity index (χ4n) is 3.46. The molecule has 1 amide bonds. The molecule has 0 aromatic carbocycles. The topological polar surface area (TPSA) is 46.6 Å². The van der Waals surface area contributed by atoms with Crippen LogP contribution in [0, 0.1) is 16.7 Å². The number of rotatable bonds is 9. The van der Waals surface area contributed by atoms with Gasteiger partial charge in [-0.05, 0) is 42.4 Å². The number of nitrogens with zero attached hydrogens (tertiary/aromatic N) is 1. The molecule has 1 rings (SSSR count). The highest BCUT2D eigenvalue weighted by Gasteiger charge is 2.40. The van der Waals surface area contributed by atoms with Crippen LogP contribution in [0.2, 0.25) is 0 Å². The van der Waals surface area contributed by atoms with Crippen molar-refractivity contribution in [3.8, 4) is 0 Å². The predicted octanol–water partition coefficient (Wildman–Crippen LogP) is 4.81. The summed E-state index contributed by atoms with van der Waals surface area (Å²) in [6.45, 7) is 16.6. The minimum atomic E-state index is -0.115. The lowest BCUT2D eigenvalue weighted by Gasteiger charge is -2.43. The summed E-state index contributed by atoms with van der Waals surface area (Å²) in [6, 6.07) is 0.172. The summed E-state index contributed by atoms with van der Waals surface area (Å²) < 4.78 is 5.36. The lowest BCUT2D eigenvalue weighted by atomic mass is 9.72. The molecule has 0 spiro atoms. The summed E-state index contributed by atoms with van der Waals surface area (Å²) in [5, 5.41) is 0. The van der Waals surface area contributed by atoms with Crippen molar-refractivity contribution in [2.24, 2.45) is 16.7 Å². The molecule has 146 valence electrons. The number of ether oxygens (including phenoxy) is 1. The number of hydrogen-bond acceptors (Lipinski definition) is 3. The summed E-state index contributed by atoms with van der Waals surface area (Å²) in [7, 11) is 0. The molecule has 1 saturated heterocycles. The zero-order valence-electron chi connectivity index (χ0n) is 17.5. The van der Waals surface area contributed by atoms with E-state index in [2.05, 4.69) is 53.4 Å². The quantitative estimate of drug-likeness (QED) is 0.559. The van der Waals surface area contributed by atoms with E-state index in [0.717, 1.165) is 32.2 Å². The molecule has 1 aliphatic heterocycles. The van der Waals surface area contributed by atoms with Crippen LogP contribution in [0.4, 0.5) is 0 Å². The number of hydrogen-bond donors (Lipinski definition) is 0. The van der Waals surface area contributed by atoms with E-state index in [1.54, 1.807) is 0 Å². The Morgan fingerprint density at radius 1 is 1.20 bits per heavy atom. The fourth-order valence-corrected chi connectivity index (χ4v) is 3.46. The van der Waals surface area contributed by atoms with Gasteiger partial charge in [0.25, 0.3) is 0 Å². The van der Waals surface area contributed by atoms with E-state index >= 15 is 0 Å². The van der Waals surface area contributed by atoms with E-state index in [1.165, 1.54) is 0 Å². The summed E-state index contributed by atoms with van der Waals surface area (Å²) in [4.78, 5) is 26.5. The van der Waals surface area contributed by atoms with E-state index in [4.69, 9.17) is 4.74 Å². The third kappa shape index (κ3) is 7.79. The lowest BCUT2D eigenvalue weighted by molar-refractivity contribution is -0.145. The normalized spacial score (nSPS) is 17.3. The first-order valence-electron chi connectivity index (χ1n) is 9.87. The van der Waals surface area contributed by atoms with Gasteiger partial charge in [-0.3, -0.25) is 9.59 Å². The van der Waals surface area contributed by atoms with Gasteiger partial charge in [0.2, 0.25) is 5.91 Å². The smallest absolute Gasteiger partial charge is 0.305 e. The largest absolute Gasteiger partial charge is 0.466 e. The molecular weight excluding hydrogens is 314 g/mol. The average molecular weight is 354 g/mol. The molecule has 0 radical (unpaired) electrons. The molecule has 0 aliphatic carbocycles. The van der Waals surface area contributed by atoms with Crippen molar-refractivity contribution in [2.45, 2.75) is 93.0 Å². The van der Waals surface area contributed by atoms with Gasteiger partial charge < -0.3 is 9.64 Å². The summed E-state index contributed by atoms with van der Waals surface area (Å²) >= 11 is 0. The number of carbonyl (C=O) groups excluding carboxylic acids is 2. The van der Waals surface area contributed by atoms with Crippen LogP contribution in [0.3, 0.4) is 0 Å². The van der Waals surface area contributed by atoms with E-state index in [-0.39, 0.29) is 28.7 Å². The van der Waals surface area contributed by atoms with Gasteiger partial charge in [-0.25, -0.2) is 0 Å². The molecule has 4 nitrogen and oxygen atoms in total. The Morgan fingerprint density at radius 3 is 2.32 bits per heavy atom. The Labute approximate surface area is 154 Å². The Kier molecular flexibility index (Phi) is 7.95. The highest BCUT2D eigenvalue weighted by molar-refractivity contribution is 5.78. The van der Waals surface area contributed by atoms with Crippen molar-refractivity contribution in [3.05, 3.63) is 0 Å². The van der Waals surface area contributed by atoms with Crippen LogP contribution < -0.4 is 0 Å². The molecular formula is C21H39NO3. The van der Waals surface area contributed by atoms with Gasteiger partial charge in [0.1, 0.15) is 0 Å². The van der Waals surface area contributed by atoms with Crippen molar-refractivity contribution >= 4 is 11.9 Å². The van der Waals surface area contributed by atoms with Crippen molar-refractivity contribution in [2.75, 3.05) is 13.2 Å². The molecule has 25 heavy (non-hydrogen) atoms. The summed E-state index contributed by atoms with van der Waals surface area (Å²) in [5.74, 6) is 0.694. The SMILES string of the molecule is CC(C)CCOC(=O)CCC(C)(C)C(CC(C)(C)C)N1CCCC1=O. The zero-order chi connectivity index (χ0) is 19.3. The molecule has 1 aliphatic rings. The Morgan fingerprint density at radius 2 is 1.84 bits per heavy atom. The Balaban J connectivity index is 2.68. The van der Waals surface area contributed by atoms with E-state index < -0.39 is 0 Å². The predicted molar refractivity (Wildman–Crippen MR) is 102 cm³/mol. The monoisotopic (exact) mass is 353 g/mol. The lowest BCUT2D eigenvalue weighted by Crippen LogP contribution is -2.48. The maximum Gasteiger partial charge on any atom is 0.305 e. The van der Waals surface area contributed by atoms with Crippen LogP contribution in [0.25, 0.3) is 0 Å². The van der Waals surface area contributed by atoms with Crippen LogP contribution in [0.15, 0.2) is 0 Å². The Bertz CT molecular complexity index is 449. The van der Waals surface area contributed by atoms with Gasteiger partial charge in [-0.15, -0.1) is 0 Å². The fraction of sp³-hybridized carbons (Fsp3) is 0.905. The highest BCUT2D eigenvalue weighted by atomic mass is 16.5. The molecule has 0 N–H and O–H groups in total. The van der Waals surface area contributed by atoms with Crippen LogP contribution in [-0.4, -0.2) is 36.0 Å². The summed E-state index contributed by atoms with van der Waals surface area (Å²) in [6.07, 6.45) is 4.64. The third-order valence-electron chi connectivity index (χ3n) is 5.13. The van der Waals surface area contributed by atoms with Crippen molar-refractivity contribution in [1.29, 1.82) is 0 Å².